The van der Waals surface area contributed by atoms with Crippen molar-refractivity contribution in [1.82, 2.24) is 0 Å². The van der Waals surface area contributed by atoms with Crippen LogP contribution in [0.2, 0.25) is 0 Å². The molecule has 7 aromatic rings. The first-order chi connectivity index (χ1) is 33.5. The molecule has 4 heteroatoms. The minimum atomic E-state index is -1.32. The highest BCUT2D eigenvalue weighted by atomic mass is 16.5. The Hall–Kier alpha value is -4.87. The van der Waals surface area contributed by atoms with Crippen molar-refractivity contribution < 1.29 is 19.7 Å². The molecule has 68 heavy (non-hydrogen) atoms. The Bertz CT molecular complexity index is 2310. The van der Waals surface area contributed by atoms with Crippen molar-refractivity contribution >= 4 is 38.1 Å². The molecule has 2 N–H and O–H groups in total. The predicted molar refractivity (Wildman–Crippen MR) is 289 cm³/mol. The monoisotopic (exact) mass is 915 g/mol. The molecule has 0 saturated carbocycles. The van der Waals surface area contributed by atoms with Crippen LogP contribution < -0.4 is 0 Å². The SMILES string of the molecule is CCCCCCCCCC(=O)C(OC(c1ccccc1)(c1ccccc1)c1ccccc1)C(O)CO.CCCCCCCCCCCCCCCCc1ccc2ccc3cccc4ccc1c2c34. The van der Waals surface area contributed by atoms with Gasteiger partial charge < -0.3 is 14.9 Å². The number of ether oxygens (including phenoxy) is 1. The van der Waals surface area contributed by atoms with Crippen LogP contribution in [0.4, 0.5) is 0 Å². The lowest BCUT2D eigenvalue weighted by molar-refractivity contribution is -0.154. The highest BCUT2D eigenvalue weighted by Crippen LogP contribution is 2.42. The van der Waals surface area contributed by atoms with Crippen molar-refractivity contribution in [3.05, 3.63) is 168 Å². The average Bonchev–Trinajstić information content (AvgIpc) is 3.39. The van der Waals surface area contributed by atoms with Crippen LogP contribution in [0.15, 0.2) is 146 Å². The molecule has 0 aromatic heterocycles. The van der Waals surface area contributed by atoms with Gasteiger partial charge in [-0.25, -0.2) is 0 Å². The highest BCUT2D eigenvalue weighted by Gasteiger charge is 2.43. The van der Waals surface area contributed by atoms with E-state index in [1.807, 2.05) is 91.0 Å². The molecule has 0 aliphatic heterocycles. The fourth-order valence-electron chi connectivity index (χ4n) is 10.3. The molecule has 0 aliphatic rings. The molecule has 0 aliphatic carbocycles. The second-order valence-electron chi connectivity index (χ2n) is 19.3. The van der Waals surface area contributed by atoms with Crippen molar-refractivity contribution in [2.75, 3.05) is 6.61 Å². The van der Waals surface area contributed by atoms with E-state index >= 15 is 0 Å². The summed E-state index contributed by atoms with van der Waals surface area (Å²) in [5.41, 5.74) is 2.94. The van der Waals surface area contributed by atoms with Crippen LogP contribution in [0.25, 0.3) is 32.3 Å². The van der Waals surface area contributed by atoms with E-state index in [1.54, 1.807) is 0 Å². The maximum atomic E-state index is 13.5. The van der Waals surface area contributed by atoms with E-state index < -0.39 is 24.4 Å². The summed E-state index contributed by atoms with van der Waals surface area (Å²) in [5, 5.41) is 29.2. The first kappa shape index (κ1) is 52.5. The number of rotatable bonds is 31. The molecule has 0 bridgehead atoms. The molecule has 0 radical (unpaired) electrons. The summed E-state index contributed by atoms with van der Waals surface area (Å²) in [6, 6.07) is 50.0. The van der Waals surface area contributed by atoms with E-state index in [1.165, 1.54) is 160 Å². The molecular weight excluding hydrogens is 833 g/mol. The van der Waals surface area contributed by atoms with E-state index in [9.17, 15) is 15.0 Å². The number of benzene rings is 7. The number of carbonyl (C=O) groups is 1. The van der Waals surface area contributed by atoms with Gasteiger partial charge in [-0.2, -0.15) is 0 Å². The molecule has 4 nitrogen and oxygen atoms in total. The van der Waals surface area contributed by atoms with Gasteiger partial charge in [-0.3, -0.25) is 4.79 Å². The maximum Gasteiger partial charge on any atom is 0.164 e. The van der Waals surface area contributed by atoms with E-state index in [0.29, 0.717) is 6.42 Å². The van der Waals surface area contributed by atoms with Crippen molar-refractivity contribution in [2.24, 2.45) is 0 Å². The zero-order valence-corrected chi connectivity index (χ0v) is 41.7. The van der Waals surface area contributed by atoms with E-state index in [2.05, 4.69) is 68.4 Å². The highest BCUT2D eigenvalue weighted by molar-refractivity contribution is 6.23. The Balaban J connectivity index is 0.000000225. The maximum absolute atomic E-state index is 13.5. The second-order valence-corrected chi connectivity index (χ2v) is 19.3. The Morgan fingerprint density at radius 1 is 0.456 bits per heavy atom. The van der Waals surface area contributed by atoms with Crippen molar-refractivity contribution in [2.45, 2.75) is 179 Å². The Morgan fingerprint density at radius 2 is 0.853 bits per heavy atom. The average molecular weight is 915 g/mol. The van der Waals surface area contributed by atoms with Crippen molar-refractivity contribution in [1.29, 1.82) is 0 Å². The van der Waals surface area contributed by atoms with Crippen molar-refractivity contribution in [3.8, 4) is 0 Å². The summed E-state index contributed by atoms with van der Waals surface area (Å²) < 4.78 is 6.76. The lowest BCUT2D eigenvalue weighted by atomic mass is 9.79. The van der Waals surface area contributed by atoms with Gasteiger partial charge in [0.2, 0.25) is 0 Å². The summed E-state index contributed by atoms with van der Waals surface area (Å²) in [6.07, 6.45) is 26.7. The minimum Gasteiger partial charge on any atom is -0.394 e. The summed E-state index contributed by atoms with van der Waals surface area (Å²) in [6.45, 7) is 3.94. The molecule has 0 spiro atoms. The summed E-state index contributed by atoms with van der Waals surface area (Å²) >= 11 is 0. The molecule has 2 atom stereocenters. The number of unbranched alkanes of at least 4 members (excludes halogenated alkanes) is 19. The van der Waals surface area contributed by atoms with E-state index in [-0.39, 0.29) is 5.78 Å². The Morgan fingerprint density at radius 3 is 1.31 bits per heavy atom. The number of Topliss-reactive ketones (excluding diaryl/α,β-unsaturated/α-hetero) is 1. The van der Waals surface area contributed by atoms with Gasteiger partial charge in [-0.1, -0.05) is 281 Å². The third-order valence-corrected chi connectivity index (χ3v) is 14.1. The van der Waals surface area contributed by atoms with Crippen LogP contribution in [0.1, 0.15) is 177 Å². The number of ketones is 1. The largest absolute Gasteiger partial charge is 0.394 e. The molecule has 2 unspecified atom stereocenters. The van der Waals surface area contributed by atoms with Crippen LogP contribution in [0.5, 0.6) is 0 Å². The molecule has 0 heterocycles. The molecule has 0 saturated heterocycles. The summed E-state index contributed by atoms with van der Waals surface area (Å²) in [5.74, 6) is -0.183. The summed E-state index contributed by atoms with van der Waals surface area (Å²) in [4.78, 5) is 13.5. The van der Waals surface area contributed by atoms with Gasteiger partial charge >= 0.3 is 0 Å². The van der Waals surface area contributed by atoms with Crippen LogP contribution in [-0.2, 0) is 21.6 Å². The van der Waals surface area contributed by atoms with Gasteiger partial charge in [0.15, 0.2) is 5.78 Å². The van der Waals surface area contributed by atoms with Gasteiger partial charge in [0.25, 0.3) is 0 Å². The molecule has 0 fully saturated rings. The first-order valence-corrected chi connectivity index (χ1v) is 26.8. The predicted octanol–water partition coefficient (Wildman–Crippen LogP) is 17.0. The zero-order chi connectivity index (χ0) is 47.7. The van der Waals surface area contributed by atoms with Crippen molar-refractivity contribution in [3.63, 3.8) is 0 Å². The number of carbonyl (C=O) groups excluding carboxylic acids is 1. The zero-order valence-electron chi connectivity index (χ0n) is 41.7. The Kier molecular flexibility index (Phi) is 22.6. The molecule has 7 rings (SSSR count). The van der Waals surface area contributed by atoms with Crippen LogP contribution in [0, 0.1) is 0 Å². The van der Waals surface area contributed by atoms with Gasteiger partial charge in [-0.15, -0.1) is 0 Å². The Labute approximate surface area is 409 Å². The normalized spacial score (nSPS) is 12.6. The third-order valence-electron chi connectivity index (χ3n) is 14.1. The third kappa shape index (κ3) is 14.8. The smallest absolute Gasteiger partial charge is 0.164 e. The topological polar surface area (TPSA) is 66.8 Å². The van der Waals surface area contributed by atoms with Gasteiger partial charge in [0.05, 0.1) is 6.61 Å². The number of aryl methyl sites for hydroxylation is 1. The van der Waals surface area contributed by atoms with Crippen LogP contribution in [-0.4, -0.2) is 34.8 Å². The standard InChI is InChI=1S/C32H40O4.C32H42/c1-2-3-4-5-6-7-17-24-29(34)31(30(35)25-33)36-32(26-18-11-8-12-19-26,27-20-13-9-14-21-27)28-22-15-10-16-23-28;1-2-3-4-5-6-7-8-9-10-11-12-13-14-15-17-26-20-21-29-23-22-27-18-16-19-28-24-25-30(26)32(29)31(27)28/h8-16,18-23,30-31,33,35H,2-7,17,24-25H2,1H3;16,18-25H,2-15,17H2,1H3. The lowest BCUT2D eigenvalue weighted by Crippen LogP contribution is -2.46. The fourth-order valence-corrected chi connectivity index (χ4v) is 10.3. The van der Waals surface area contributed by atoms with Gasteiger partial charge in [-0.05, 0) is 73.8 Å². The molecule has 7 aromatic carbocycles. The first-order valence-electron chi connectivity index (χ1n) is 26.8. The number of hydrogen-bond donors (Lipinski definition) is 2. The van der Waals surface area contributed by atoms with Gasteiger partial charge in [0.1, 0.15) is 17.8 Å². The lowest BCUT2D eigenvalue weighted by Gasteiger charge is -2.39. The summed E-state index contributed by atoms with van der Waals surface area (Å²) in [7, 11) is 0. The molecule has 362 valence electrons. The number of aliphatic hydroxyl groups is 2. The van der Waals surface area contributed by atoms with Gasteiger partial charge in [0, 0.05) is 6.42 Å². The number of hydrogen-bond acceptors (Lipinski definition) is 4. The van der Waals surface area contributed by atoms with Crippen LogP contribution >= 0.6 is 0 Å². The molecule has 0 amide bonds. The molecular formula is C64H82O4. The second kappa shape index (κ2) is 29.2. The number of aliphatic hydroxyl groups excluding tert-OH is 2. The van der Waals surface area contributed by atoms with E-state index in [0.717, 1.165) is 36.0 Å². The quantitative estimate of drug-likeness (QED) is 0.0259. The fraction of sp³-hybridized carbons (Fsp3) is 0.453. The minimum absolute atomic E-state index is 0.183. The van der Waals surface area contributed by atoms with E-state index in [4.69, 9.17) is 4.74 Å². The van der Waals surface area contributed by atoms with Crippen LogP contribution in [0.3, 0.4) is 0 Å².